The van der Waals surface area contributed by atoms with Gasteiger partial charge in [-0.25, -0.2) is 8.42 Å². The molecule has 400 valence electrons. The van der Waals surface area contributed by atoms with Gasteiger partial charge < -0.3 is 29.5 Å². The first-order valence-corrected chi connectivity index (χ1v) is 27.2. The number of aryl methyl sites for hydroxylation is 1. The molecule has 8 atom stereocenters. The number of likely N-dealkylation sites (tertiary alicyclic amines) is 1. The number of nitrogens with zero attached hydrogens (tertiary/aromatic N) is 7. The standard InChI is InChI=1S/C52H80N8O11S/c1-13-36(8)49(56(10)52(67)40(33(2)3)28-48(65)60(34(4)5)35(6)7)44(70-11)29-47(64)58-25-17-21-42(58)50(71-12)37(9)51(66)53-41(27-38-19-15-14-16-20-38)43(61)32-72(68,69)26-18-24-57-30-39(54-55-57)31-59-45(62)22-23-46(59)63/h14-16,19-20,22-23,30,33-37,40-42,44,49-50H,13,17-18,21,24-29,31-32H2,1-12H3,(H,53,66)/t36-,37+,40-,41-,42-,44+,49-,50+/m0/s1. The van der Waals surface area contributed by atoms with Crippen molar-refractivity contribution in [2.45, 2.75) is 163 Å². The minimum Gasteiger partial charge on any atom is -0.379 e. The van der Waals surface area contributed by atoms with Gasteiger partial charge in [0.05, 0.1) is 61.2 Å². The number of hydrogen-bond acceptors (Lipinski definition) is 13. The maximum atomic E-state index is 14.5. The van der Waals surface area contributed by atoms with Crippen molar-refractivity contribution in [3.63, 3.8) is 0 Å². The number of rotatable bonds is 29. The van der Waals surface area contributed by atoms with Gasteiger partial charge in [0, 0.05) is 70.9 Å². The molecule has 0 bridgehead atoms. The molecule has 0 spiro atoms. The third-order valence-corrected chi connectivity index (χ3v) is 15.8. The first-order valence-electron chi connectivity index (χ1n) is 25.4. The molecule has 2 aromatic rings. The fourth-order valence-electron chi connectivity index (χ4n) is 10.1. The zero-order valence-electron chi connectivity index (χ0n) is 44.5. The number of carbonyl (C=O) groups excluding carboxylic acids is 7. The summed E-state index contributed by atoms with van der Waals surface area (Å²) in [5, 5.41) is 10.8. The van der Waals surface area contributed by atoms with Crippen LogP contribution in [0.2, 0.25) is 0 Å². The van der Waals surface area contributed by atoms with E-state index in [2.05, 4.69) is 15.6 Å². The SMILES string of the molecule is CC[C@H](C)[C@@H]([C@@H](CC(=O)N1CCC[C@H]1[C@H](OC)[C@@H](C)C(=O)N[C@@H](Cc1ccccc1)C(=O)CS(=O)(=O)CCCn1cc(CN2C(=O)C=CC2=O)nn1)OC)N(C)C(=O)[C@@H](CC(=O)N(C(C)C)C(C)C)C(C)C. The van der Waals surface area contributed by atoms with Crippen LogP contribution in [0.3, 0.4) is 0 Å². The summed E-state index contributed by atoms with van der Waals surface area (Å²) in [5.41, 5.74) is 1.06. The predicted molar refractivity (Wildman–Crippen MR) is 271 cm³/mol. The molecule has 20 heteroatoms. The van der Waals surface area contributed by atoms with E-state index in [9.17, 15) is 42.0 Å². The van der Waals surface area contributed by atoms with Gasteiger partial charge in [0.15, 0.2) is 15.6 Å². The van der Waals surface area contributed by atoms with Crippen molar-refractivity contribution in [1.29, 1.82) is 0 Å². The summed E-state index contributed by atoms with van der Waals surface area (Å²) in [7, 11) is 0.763. The second kappa shape index (κ2) is 27.1. The summed E-state index contributed by atoms with van der Waals surface area (Å²) in [6, 6.07) is 6.67. The average molecular weight is 1030 g/mol. The van der Waals surface area contributed by atoms with E-state index in [4.69, 9.17) is 9.47 Å². The van der Waals surface area contributed by atoms with Gasteiger partial charge in [0.1, 0.15) is 11.4 Å². The summed E-state index contributed by atoms with van der Waals surface area (Å²) < 4.78 is 40.3. The van der Waals surface area contributed by atoms with Crippen molar-refractivity contribution >= 4 is 51.1 Å². The van der Waals surface area contributed by atoms with Crippen LogP contribution in [-0.2, 0) is 72.4 Å². The molecule has 19 nitrogen and oxygen atoms in total. The van der Waals surface area contributed by atoms with Crippen molar-refractivity contribution in [2.75, 3.05) is 39.3 Å². The molecule has 1 aromatic carbocycles. The Morgan fingerprint density at radius 3 is 2.11 bits per heavy atom. The third kappa shape index (κ3) is 15.8. The minimum absolute atomic E-state index is 0.0291. The maximum Gasteiger partial charge on any atom is 0.253 e. The van der Waals surface area contributed by atoms with Crippen molar-refractivity contribution in [3.8, 4) is 0 Å². The smallest absolute Gasteiger partial charge is 0.253 e. The lowest BCUT2D eigenvalue weighted by molar-refractivity contribution is -0.150. The number of ketones is 1. The second-order valence-electron chi connectivity index (χ2n) is 20.4. The number of benzene rings is 1. The Morgan fingerprint density at radius 1 is 0.903 bits per heavy atom. The Morgan fingerprint density at radius 2 is 1.54 bits per heavy atom. The summed E-state index contributed by atoms with van der Waals surface area (Å²) >= 11 is 0. The van der Waals surface area contributed by atoms with Gasteiger partial charge in [0.25, 0.3) is 11.8 Å². The zero-order chi connectivity index (χ0) is 53.6. The number of sulfone groups is 1. The van der Waals surface area contributed by atoms with Crippen LogP contribution in [0.5, 0.6) is 0 Å². The van der Waals surface area contributed by atoms with E-state index >= 15 is 0 Å². The molecule has 4 rings (SSSR count). The van der Waals surface area contributed by atoms with Gasteiger partial charge in [-0.1, -0.05) is 76.6 Å². The topological polar surface area (TPSA) is 228 Å². The molecular weight excluding hydrogens is 945 g/mol. The molecule has 3 heterocycles. The molecule has 2 aliphatic heterocycles. The van der Waals surface area contributed by atoms with E-state index in [-0.39, 0.29) is 86.2 Å². The van der Waals surface area contributed by atoms with Crippen LogP contribution in [0.15, 0.2) is 48.7 Å². The molecule has 0 unspecified atom stereocenters. The summed E-state index contributed by atoms with van der Waals surface area (Å²) in [6.07, 6.45) is 4.37. The van der Waals surface area contributed by atoms with E-state index in [0.717, 1.165) is 4.90 Å². The number of aromatic nitrogens is 3. The molecule has 1 aromatic heterocycles. The van der Waals surface area contributed by atoms with Crippen LogP contribution in [0.1, 0.15) is 112 Å². The van der Waals surface area contributed by atoms with E-state index in [0.29, 0.717) is 37.1 Å². The molecular formula is C52H80N8O11S. The fraction of sp³-hybridized carbons (Fsp3) is 0.673. The number of imide groups is 1. The van der Waals surface area contributed by atoms with Crippen molar-refractivity contribution < 1.29 is 51.5 Å². The molecule has 0 aliphatic carbocycles. The van der Waals surface area contributed by atoms with Crippen LogP contribution < -0.4 is 5.32 Å². The highest BCUT2D eigenvalue weighted by Crippen LogP contribution is 2.31. The highest BCUT2D eigenvalue weighted by Gasteiger charge is 2.44. The summed E-state index contributed by atoms with van der Waals surface area (Å²) in [6.45, 7) is 17.9. The largest absolute Gasteiger partial charge is 0.379 e. The number of carbonyl (C=O) groups is 7. The summed E-state index contributed by atoms with van der Waals surface area (Å²) in [5.74, 6) is -5.51. The van der Waals surface area contributed by atoms with Gasteiger partial charge in [-0.3, -0.25) is 43.1 Å². The monoisotopic (exact) mass is 1020 g/mol. The molecule has 0 saturated carbocycles. The lowest BCUT2D eigenvalue weighted by atomic mass is 9.86. The molecule has 1 N–H and O–H groups in total. The number of hydrogen-bond donors (Lipinski definition) is 1. The van der Waals surface area contributed by atoms with Gasteiger partial charge in [-0.15, -0.1) is 5.10 Å². The van der Waals surface area contributed by atoms with E-state index in [1.54, 1.807) is 48.0 Å². The van der Waals surface area contributed by atoms with Crippen LogP contribution in [0.25, 0.3) is 0 Å². The van der Waals surface area contributed by atoms with Gasteiger partial charge >= 0.3 is 0 Å². The number of Topliss-reactive ketones (excluding diaryl/α,β-unsaturated/α-hetero) is 1. The van der Waals surface area contributed by atoms with Crippen LogP contribution in [-0.4, -0.2) is 166 Å². The Kier molecular flexibility index (Phi) is 22.3. The molecule has 72 heavy (non-hydrogen) atoms. The average Bonchev–Trinajstić information content (AvgIpc) is 4.07. The highest BCUT2D eigenvalue weighted by molar-refractivity contribution is 7.92. The number of amides is 6. The van der Waals surface area contributed by atoms with Crippen molar-refractivity contribution in [2.24, 2.45) is 23.7 Å². The zero-order valence-corrected chi connectivity index (χ0v) is 45.3. The molecule has 0 radical (unpaired) electrons. The number of likely N-dealkylation sites (N-methyl/N-ethyl adjacent to an activating group) is 1. The first kappa shape index (κ1) is 59.2. The first-order chi connectivity index (χ1) is 33.9. The van der Waals surface area contributed by atoms with Crippen molar-refractivity contribution in [1.82, 2.24) is 39.9 Å². The van der Waals surface area contributed by atoms with Gasteiger partial charge in [-0.2, -0.15) is 0 Å². The van der Waals surface area contributed by atoms with E-state index in [1.807, 2.05) is 66.4 Å². The lowest BCUT2D eigenvalue weighted by Crippen LogP contribution is -2.55. The number of methoxy groups -OCH3 is 2. The second-order valence-corrected chi connectivity index (χ2v) is 22.5. The fourth-order valence-corrected chi connectivity index (χ4v) is 11.5. The number of nitrogens with one attached hydrogen (secondary N) is 1. The van der Waals surface area contributed by atoms with Crippen LogP contribution in [0, 0.1) is 23.7 Å². The number of ether oxygens (including phenoxy) is 2. The van der Waals surface area contributed by atoms with Gasteiger partial charge in [0.2, 0.25) is 23.6 Å². The third-order valence-electron chi connectivity index (χ3n) is 14.2. The lowest BCUT2D eigenvalue weighted by Gasteiger charge is -2.41. The predicted octanol–water partition coefficient (Wildman–Crippen LogP) is 4.03. The Balaban J connectivity index is 1.45. The molecule has 2 aliphatic rings. The normalized spacial score (nSPS) is 18.1. The highest BCUT2D eigenvalue weighted by atomic mass is 32.2. The Labute approximate surface area is 426 Å². The van der Waals surface area contributed by atoms with Crippen LogP contribution in [0.4, 0.5) is 0 Å². The quantitative estimate of drug-likeness (QED) is 0.114. The molecule has 6 amide bonds. The van der Waals surface area contributed by atoms with Crippen LogP contribution >= 0.6 is 0 Å². The maximum absolute atomic E-state index is 14.5. The Hall–Kier alpha value is -5.34. The van der Waals surface area contributed by atoms with Gasteiger partial charge in [-0.05, 0) is 70.8 Å². The molecule has 1 fully saturated rings. The summed E-state index contributed by atoms with van der Waals surface area (Å²) in [4.78, 5) is 101. The van der Waals surface area contributed by atoms with E-state index in [1.165, 1.54) is 37.3 Å². The molecule has 1 saturated heterocycles. The Bertz CT molecular complexity index is 2290. The van der Waals surface area contributed by atoms with Crippen molar-refractivity contribution in [3.05, 3.63) is 59.9 Å². The van der Waals surface area contributed by atoms with E-state index < -0.39 is 81.3 Å². The minimum atomic E-state index is -3.96.